The molecule has 1 nitrogen and oxygen atoms in total. The molecular formula is C8H14OS2. The molecule has 0 radical (unpaired) electrons. The average molecular weight is 190 g/mol. The second-order valence-corrected chi connectivity index (χ2v) is 6.46. The Morgan fingerprint density at radius 1 is 1.55 bits per heavy atom. The first kappa shape index (κ1) is 8.27. The Kier molecular flexibility index (Phi) is 2.15. The first-order chi connectivity index (χ1) is 5.21. The van der Waals surface area contributed by atoms with E-state index in [9.17, 15) is 5.11 Å². The molecule has 3 atom stereocenters. The van der Waals surface area contributed by atoms with E-state index in [2.05, 4.69) is 6.92 Å². The molecule has 0 amide bonds. The second kappa shape index (κ2) is 2.86. The molecule has 11 heavy (non-hydrogen) atoms. The summed E-state index contributed by atoms with van der Waals surface area (Å²) in [5.74, 6) is 1.12. The van der Waals surface area contributed by atoms with Crippen LogP contribution >= 0.6 is 23.5 Å². The van der Waals surface area contributed by atoms with Crippen LogP contribution < -0.4 is 0 Å². The molecule has 64 valence electrons. The van der Waals surface area contributed by atoms with Crippen molar-refractivity contribution in [3.8, 4) is 0 Å². The smallest absolute Gasteiger partial charge is 0.122 e. The van der Waals surface area contributed by atoms with Crippen LogP contribution in [0.4, 0.5) is 0 Å². The zero-order chi connectivity index (χ0) is 7.90. The summed E-state index contributed by atoms with van der Waals surface area (Å²) in [5, 5.41) is 11.3. The highest BCUT2D eigenvalue weighted by atomic mass is 32.2. The highest BCUT2D eigenvalue weighted by Gasteiger charge is 2.45. The van der Waals surface area contributed by atoms with Crippen LogP contribution in [0.5, 0.6) is 0 Å². The molecule has 0 aromatic heterocycles. The molecule has 0 aromatic carbocycles. The third kappa shape index (κ3) is 1.43. The molecule has 1 aliphatic carbocycles. The molecule has 2 rings (SSSR count). The van der Waals surface area contributed by atoms with Gasteiger partial charge in [-0.25, -0.2) is 0 Å². The van der Waals surface area contributed by atoms with E-state index in [1.165, 1.54) is 12.8 Å². The fourth-order valence-electron chi connectivity index (χ4n) is 1.85. The van der Waals surface area contributed by atoms with Crippen molar-refractivity contribution in [1.82, 2.24) is 0 Å². The number of hydrogen-bond donors (Lipinski definition) is 1. The zero-order valence-corrected chi connectivity index (χ0v) is 8.38. The van der Waals surface area contributed by atoms with Gasteiger partial charge in [0.15, 0.2) is 0 Å². The molecule has 0 aromatic rings. The van der Waals surface area contributed by atoms with Gasteiger partial charge in [0, 0.05) is 16.3 Å². The van der Waals surface area contributed by atoms with Crippen molar-refractivity contribution in [1.29, 1.82) is 0 Å². The summed E-state index contributed by atoms with van der Waals surface area (Å²) < 4.78 is 0. The molecule has 3 unspecified atom stereocenters. The van der Waals surface area contributed by atoms with Crippen LogP contribution in [-0.2, 0) is 0 Å². The van der Waals surface area contributed by atoms with Crippen LogP contribution in [0, 0.1) is 0 Å². The van der Waals surface area contributed by atoms with E-state index in [1.54, 1.807) is 11.8 Å². The Morgan fingerprint density at radius 3 is 3.18 bits per heavy atom. The van der Waals surface area contributed by atoms with Crippen LogP contribution in [0.2, 0.25) is 0 Å². The number of fused-ring (bicyclic) bond motifs is 1. The fourth-order valence-corrected chi connectivity index (χ4v) is 5.05. The van der Waals surface area contributed by atoms with Gasteiger partial charge in [-0.2, -0.15) is 11.8 Å². The summed E-state index contributed by atoms with van der Waals surface area (Å²) in [6.07, 6.45) is 3.45. The highest BCUT2D eigenvalue weighted by molar-refractivity contribution is 8.07. The predicted molar refractivity (Wildman–Crippen MR) is 52.1 cm³/mol. The third-order valence-corrected chi connectivity index (χ3v) is 6.07. The summed E-state index contributed by atoms with van der Waals surface area (Å²) in [6, 6.07) is 0. The normalized spacial score (nSPS) is 50.7. The summed E-state index contributed by atoms with van der Waals surface area (Å²) in [7, 11) is 0. The van der Waals surface area contributed by atoms with E-state index in [1.807, 2.05) is 11.8 Å². The van der Waals surface area contributed by atoms with Gasteiger partial charge in [-0.05, 0) is 19.3 Å². The van der Waals surface area contributed by atoms with E-state index in [0.717, 1.165) is 17.4 Å². The van der Waals surface area contributed by atoms with Crippen LogP contribution in [-0.4, -0.2) is 26.3 Å². The summed E-state index contributed by atoms with van der Waals surface area (Å²) in [4.78, 5) is -0.350. The predicted octanol–water partition coefficient (Wildman–Crippen LogP) is 2.10. The highest BCUT2D eigenvalue weighted by Crippen LogP contribution is 2.51. The SMILES string of the molecule is CC1CSC2(O)CCCC2S1. The summed E-state index contributed by atoms with van der Waals surface area (Å²) in [5.41, 5.74) is 0. The number of rotatable bonds is 0. The molecule has 1 saturated heterocycles. The number of hydrogen-bond acceptors (Lipinski definition) is 3. The molecule has 1 aliphatic heterocycles. The van der Waals surface area contributed by atoms with E-state index < -0.39 is 0 Å². The molecule has 1 saturated carbocycles. The molecule has 2 fully saturated rings. The standard InChI is InChI=1S/C8H14OS2/c1-6-5-10-8(9)4-2-3-7(8)11-6/h6-7,9H,2-5H2,1H3. The first-order valence-corrected chi connectivity index (χ1v) is 6.15. The minimum Gasteiger partial charge on any atom is -0.378 e. The van der Waals surface area contributed by atoms with Crippen molar-refractivity contribution >= 4 is 23.5 Å². The van der Waals surface area contributed by atoms with Crippen molar-refractivity contribution in [2.75, 3.05) is 5.75 Å². The number of thioether (sulfide) groups is 2. The number of aliphatic hydroxyl groups is 1. The summed E-state index contributed by atoms with van der Waals surface area (Å²) >= 11 is 3.76. The van der Waals surface area contributed by atoms with E-state index in [4.69, 9.17) is 0 Å². The van der Waals surface area contributed by atoms with Crippen LogP contribution in [0.15, 0.2) is 0 Å². The van der Waals surface area contributed by atoms with Gasteiger partial charge in [-0.1, -0.05) is 6.92 Å². The summed E-state index contributed by atoms with van der Waals surface area (Å²) in [6.45, 7) is 2.26. The average Bonchev–Trinajstić information content (AvgIpc) is 2.31. The maximum atomic E-state index is 10.1. The topological polar surface area (TPSA) is 20.2 Å². The maximum absolute atomic E-state index is 10.1. The lowest BCUT2D eigenvalue weighted by Gasteiger charge is -2.36. The van der Waals surface area contributed by atoms with Gasteiger partial charge < -0.3 is 5.11 Å². The van der Waals surface area contributed by atoms with Crippen molar-refractivity contribution < 1.29 is 5.11 Å². The van der Waals surface area contributed by atoms with Gasteiger partial charge in [0.25, 0.3) is 0 Å². The van der Waals surface area contributed by atoms with E-state index in [0.29, 0.717) is 5.25 Å². The largest absolute Gasteiger partial charge is 0.378 e. The van der Waals surface area contributed by atoms with Crippen molar-refractivity contribution in [2.45, 2.75) is 41.6 Å². The molecule has 1 heterocycles. The van der Waals surface area contributed by atoms with E-state index in [-0.39, 0.29) is 4.93 Å². The minimum absolute atomic E-state index is 0.350. The Morgan fingerprint density at radius 2 is 2.36 bits per heavy atom. The lowest BCUT2D eigenvalue weighted by molar-refractivity contribution is 0.149. The van der Waals surface area contributed by atoms with Gasteiger partial charge in [0.1, 0.15) is 4.93 Å². The molecule has 3 heteroatoms. The quantitative estimate of drug-likeness (QED) is 0.631. The van der Waals surface area contributed by atoms with Crippen LogP contribution in [0.3, 0.4) is 0 Å². The van der Waals surface area contributed by atoms with Crippen molar-refractivity contribution in [2.24, 2.45) is 0 Å². The van der Waals surface area contributed by atoms with Gasteiger partial charge in [-0.3, -0.25) is 0 Å². The Hall–Kier alpha value is 0.660. The second-order valence-electron chi connectivity index (χ2n) is 3.48. The maximum Gasteiger partial charge on any atom is 0.122 e. The minimum atomic E-state index is -0.350. The third-order valence-electron chi connectivity index (χ3n) is 2.47. The zero-order valence-electron chi connectivity index (χ0n) is 6.75. The Balaban J connectivity index is 2.08. The molecule has 1 N–H and O–H groups in total. The first-order valence-electron chi connectivity index (χ1n) is 4.22. The van der Waals surface area contributed by atoms with E-state index >= 15 is 0 Å². The van der Waals surface area contributed by atoms with Gasteiger partial charge >= 0.3 is 0 Å². The lowest BCUT2D eigenvalue weighted by Crippen LogP contribution is -2.37. The van der Waals surface area contributed by atoms with Crippen molar-refractivity contribution in [3.63, 3.8) is 0 Å². The van der Waals surface area contributed by atoms with Gasteiger partial charge in [0.2, 0.25) is 0 Å². The van der Waals surface area contributed by atoms with Gasteiger partial charge in [-0.15, -0.1) is 11.8 Å². The molecule has 2 aliphatic rings. The van der Waals surface area contributed by atoms with Crippen LogP contribution in [0.25, 0.3) is 0 Å². The van der Waals surface area contributed by atoms with Gasteiger partial charge in [0.05, 0.1) is 0 Å². The monoisotopic (exact) mass is 190 g/mol. The molecule has 0 bridgehead atoms. The Bertz CT molecular complexity index is 162. The Labute approximate surface area is 76.3 Å². The molecule has 0 spiro atoms. The fraction of sp³-hybridized carbons (Fsp3) is 1.00. The van der Waals surface area contributed by atoms with Crippen LogP contribution in [0.1, 0.15) is 26.2 Å². The van der Waals surface area contributed by atoms with Crippen molar-refractivity contribution in [3.05, 3.63) is 0 Å². The lowest BCUT2D eigenvalue weighted by atomic mass is 10.3. The molecular weight excluding hydrogens is 176 g/mol.